The van der Waals surface area contributed by atoms with E-state index in [1.165, 1.54) is 5.56 Å². The molecule has 1 aliphatic rings. The van der Waals surface area contributed by atoms with Crippen molar-refractivity contribution in [3.05, 3.63) is 65.7 Å². The van der Waals surface area contributed by atoms with E-state index in [4.69, 9.17) is 9.47 Å². The minimum atomic E-state index is -0.0163. The fourth-order valence-corrected chi connectivity index (χ4v) is 4.17. The summed E-state index contributed by atoms with van der Waals surface area (Å²) < 4.78 is 10.7. The molecule has 2 heterocycles. The number of ether oxygens (including phenoxy) is 2. The number of methoxy groups -OCH3 is 2. The van der Waals surface area contributed by atoms with Gasteiger partial charge in [-0.05, 0) is 56.2 Å². The van der Waals surface area contributed by atoms with Gasteiger partial charge in [0.2, 0.25) is 5.91 Å². The highest BCUT2D eigenvalue weighted by atomic mass is 16.5. The molecule has 1 amide bonds. The monoisotopic (exact) mass is 446 g/mol. The van der Waals surface area contributed by atoms with Gasteiger partial charge in [-0.25, -0.2) is 0 Å². The molecule has 0 aliphatic carbocycles. The summed E-state index contributed by atoms with van der Waals surface area (Å²) >= 11 is 0. The first-order valence-corrected chi connectivity index (χ1v) is 11.2. The van der Waals surface area contributed by atoms with Crippen molar-refractivity contribution in [2.75, 3.05) is 32.2 Å². The molecule has 0 radical (unpaired) electrons. The van der Waals surface area contributed by atoms with E-state index in [1.54, 1.807) is 14.2 Å². The number of nitrogens with one attached hydrogen (secondary N) is 1. The van der Waals surface area contributed by atoms with E-state index in [1.807, 2.05) is 42.5 Å². The van der Waals surface area contributed by atoms with Crippen molar-refractivity contribution < 1.29 is 14.3 Å². The first-order valence-electron chi connectivity index (χ1n) is 11.2. The molecule has 1 aliphatic heterocycles. The molecule has 3 aromatic rings. The third-order valence-electron chi connectivity index (χ3n) is 6.09. The van der Waals surface area contributed by atoms with Crippen LogP contribution < -0.4 is 19.7 Å². The van der Waals surface area contributed by atoms with Crippen LogP contribution in [0.5, 0.6) is 11.5 Å². The topological polar surface area (TPSA) is 76.6 Å². The molecule has 1 saturated heterocycles. The van der Waals surface area contributed by atoms with Gasteiger partial charge in [0.05, 0.1) is 19.9 Å². The Balaban J connectivity index is 1.31. The Labute approximate surface area is 194 Å². The highest BCUT2D eigenvalue weighted by molar-refractivity contribution is 5.79. The number of amides is 1. The van der Waals surface area contributed by atoms with Gasteiger partial charge < -0.3 is 19.7 Å². The summed E-state index contributed by atoms with van der Waals surface area (Å²) in [7, 11) is 3.25. The molecule has 0 saturated carbocycles. The minimum Gasteiger partial charge on any atom is -0.497 e. The van der Waals surface area contributed by atoms with Crippen LogP contribution in [0.1, 0.15) is 24.0 Å². The number of anilines is 1. The van der Waals surface area contributed by atoms with Crippen molar-refractivity contribution in [1.82, 2.24) is 15.5 Å². The van der Waals surface area contributed by atoms with Gasteiger partial charge in [-0.3, -0.25) is 4.79 Å². The number of aromatic nitrogens is 2. The number of carbonyl (C=O) groups is 1. The largest absolute Gasteiger partial charge is 0.497 e. The van der Waals surface area contributed by atoms with Crippen LogP contribution in [0.2, 0.25) is 0 Å². The lowest BCUT2D eigenvalue weighted by Gasteiger charge is -2.31. The lowest BCUT2D eigenvalue weighted by atomic mass is 9.95. The summed E-state index contributed by atoms with van der Waals surface area (Å²) in [6, 6.07) is 17.9. The van der Waals surface area contributed by atoms with E-state index in [2.05, 4.69) is 39.5 Å². The normalized spacial score (nSPS) is 14.1. The number of carbonyl (C=O) groups excluding carboxylic acids is 1. The fourth-order valence-electron chi connectivity index (χ4n) is 4.17. The highest BCUT2D eigenvalue weighted by Gasteiger charge is 2.26. The van der Waals surface area contributed by atoms with Crippen molar-refractivity contribution in [3.8, 4) is 22.8 Å². The zero-order valence-corrected chi connectivity index (χ0v) is 19.4. The maximum atomic E-state index is 12.8. The molecular formula is C26H30N4O3. The van der Waals surface area contributed by atoms with Gasteiger partial charge in [-0.15, -0.1) is 10.2 Å². The second-order valence-electron chi connectivity index (χ2n) is 8.30. The van der Waals surface area contributed by atoms with E-state index in [0.29, 0.717) is 6.54 Å². The molecule has 0 atom stereocenters. The lowest BCUT2D eigenvalue weighted by Crippen LogP contribution is -2.40. The van der Waals surface area contributed by atoms with Crippen LogP contribution in [0.3, 0.4) is 0 Å². The molecule has 172 valence electrons. The number of piperidine rings is 1. The maximum absolute atomic E-state index is 12.8. The maximum Gasteiger partial charge on any atom is 0.223 e. The quantitative estimate of drug-likeness (QED) is 0.591. The summed E-state index contributed by atoms with van der Waals surface area (Å²) in [6.07, 6.45) is 1.56. The first-order chi connectivity index (χ1) is 16.1. The summed E-state index contributed by atoms with van der Waals surface area (Å²) in [5.74, 6) is 2.38. The third kappa shape index (κ3) is 5.42. The number of hydrogen-bond acceptors (Lipinski definition) is 6. The molecular weight excluding hydrogens is 416 g/mol. The van der Waals surface area contributed by atoms with Crippen LogP contribution in [-0.2, 0) is 11.3 Å². The Morgan fingerprint density at radius 3 is 2.52 bits per heavy atom. The Morgan fingerprint density at radius 2 is 1.85 bits per heavy atom. The number of nitrogens with zero attached hydrogens (tertiary/aromatic N) is 3. The van der Waals surface area contributed by atoms with E-state index in [0.717, 1.165) is 60.1 Å². The second-order valence-corrected chi connectivity index (χ2v) is 8.30. The molecule has 0 spiro atoms. The molecule has 1 fully saturated rings. The predicted molar refractivity (Wildman–Crippen MR) is 129 cm³/mol. The van der Waals surface area contributed by atoms with Crippen molar-refractivity contribution in [3.63, 3.8) is 0 Å². The summed E-state index contributed by atoms with van der Waals surface area (Å²) in [5, 5.41) is 11.9. The van der Waals surface area contributed by atoms with E-state index in [-0.39, 0.29) is 11.8 Å². The van der Waals surface area contributed by atoms with Crippen LogP contribution >= 0.6 is 0 Å². The molecule has 0 bridgehead atoms. The van der Waals surface area contributed by atoms with Crippen LogP contribution in [0.25, 0.3) is 11.3 Å². The highest BCUT2D eigenvalue weighted by Crippen LogP contribution is 2.26. The molecule has 33 heavy (non-hydrogen) atoms. The molecule has 7 heteroatoms. The zero-order valence-electron chi connectivity index (χ0n) is 19.4. The van der Waals surface area contributed by atoms with Gasteiger partial charge >= 0.3 is 0 Å². The van der Waals surface area contributed by atoms with Gasteiger partial charge in [0.25, 0.3) is 0 Å². The van der Waals surface area contributed by atoms with Crippen LogP contribution in [0, 0.1) is 12.8 Å². The standard InChI is InChI=1S/C26H30N4O3/c1-18-5-4-6-20(15-18)23-8-10-25(29-28-23)30-13-11-19(12-14-30)26(31)27-17-21-16-22(32-2)7-9-24(21)33-3/h4-10,15-16,19H,11-14,17H2,1-3H3,(H,27,31). The third-order valence-corrected chi connectivity index (χ3v) is 6.09. The molecule has 1 aromatic heterocycles. The molecule has 1 N–H and O–H groups in total. The van der Waals surface area contributed by atoms with Crippen LogP contribution in [0.4, 0.5) is 5.82 Å². The number of benzene rings is 2. The second kappa shape index (κ2) is 10.3. The average Bonchev–Trinajstić information content (AvgIpc) is 2.87. The number of aryl methyl sites for hydroxylation is 1. The van der Waals surface area contributed by atoms with E-state index in [9.17, 15) is 4.79 Å². The number of rotatable bonds is 7. The Bertz CT molecular complexity index is 1090. The van der Waals surface area contributed by atoms with Crippen LogP contribution in [-0.4, -0.2) is 43.4 Å². The van der Waals surface area contributed by atoms with Gasteiger partial charge in [0.15, 0.2) is 5.82 Å². The van der Waals surface area contributed by atoms with Crippen molar-refractivity contribution in [1.29, 1.82) is 0 Å². The van der Waals surface area contributed by atoms with Crippen molar-refractivity contribution >= 4 is 11.7 Å². The zero-order chi connectivity index (χ0) is 23.2. The van der Waals surface area contributed by atoms with E-state index < -0.39 is 0 Å². The van der Waals surface area contributed by atoms with Crippen molar-refractivity contribution in [2.45, 2.75) is 26.3 Å². The van der Waals surface area contributed by atoms with Gasteiger partial charge in [-0.2, -0.15) is 0 Å². The summed E-state index contributed by atoms with van der Waals surface area (Å²) in [5.41, 5.74) is 4.02. The van der Waals surface area contributed by atoms with Crippen molar-refractivity contribution in [2.24, 2.45) is 5.92 Å². The first kappa shape index (κ1) is 22.6. The Kier molecular flexibility index (Phi) is 7.07. The van der Waals surface area contributed by atoms with Crippen LogP contribution in [0.15, 0.2) is 54.6 Å². The average molecular weight is 447 g/mol. The summed E-state index contributed by atoms with van der Waals surface area (Å²) in [6.45, 7) is 4.03. The molecule has 2 aromatic carbocycles. The molecule has 7 nitrogen and oxygen atoms in total. The lowest BCUT2D eigenvalue weighted by molar-refractivity contribution is -0.125. The smallest absolute Gasteiger partial charge is 0.223 e. The van der Waals surface area contributed by atoms with Gasteiger partial charge in [-0.1, -0.05) is 23.8 Å². The Hall–Kier alpha value is -3.61. The van der Waals surface area contributed by atoms with Gasteiger partial charge in [0.1, 0.15) is 11.5 Å². The SMILES string of the molecule is COc1ccc(OC)c(CNC(=O)C2CCN(c3ccc(-c4cccc(C)c4)nn3)CC2)c1. The predicted octanol–water partition coefficient (Wildman–Crippen LogP) is 4.00. The molecule has 4 rings (SSSR count). The minimum absolute atomic E-state index is 0.0163. The molecule has 0 unspecified atom stereocenters. The fraction of sp³-hybridized carbons (Fsp3) is 0.346. The summed E-state index contributed by atoms with van der Waals surface area (Å²) in [4.78, 5) is 15.0. The van der Waals surface area contributed by atoms with E-state index >= 15 is 0 Å². The van der Waals surface area contributed by atoms with Gasteiger partial charge in [0, 0.05) is 36.7 Å². The Morgan fingerprint density at radius 1 is 1.03 bits per heavy atom. The number of hydrogen-bond donors (Lipinski definition) is 1.